The molecule has 3 N–H and O–H groups in total. The Labute approximate surface area is 104 Å². The van der Waals surface area contributed by atoms with Crippen LogP contribution >= 0.6 is 0 Å². The molecule has 5 nitrogen and oxygen atoms in total. The highest BCUT2D eigenvalue weighted by molar-refractivity contribution is 6.05. The Bertz CT molecular complexity index is 634. The molecular formula is C13H13N3O2. The number of H-pyrrole nitrogens is 1. The summed E-state index contributed by atoms with van der Waals surface area (Å²) in [5.74, 6) is -0.258. The minimum atomic E-state index is -0.304. The highest BCUT2D eigenvalue weighted by Gasteiger charge is 2.13. The van der Waals surface area contributed by atoms with Crippen LogP contribution in [0.5, 0.6) is 0 Å². The van der Waals surface area contributed by atoms with E-state index in [-0.39, 0.29) is 11.5 Å². The molecule has 0 saturated carbocycles. The van der Waals surface area contributed by atoms with E-state index in [1.807, 2.05) is 0 Å². The number of aromatic nitrogens is 1. The summed E-state index contributed by atoms with van der Waals surface area (Å²) in [7, 11) is 1.64. The van der Waals surface area contributed by atoms with Crippen molar-refractivity contribution in [2.75, 3.05) is 17.7 Å². The topological polar surface area (TPSA) is 79.2 Å². The summed E-state index contributed by atoms with van der Waals surface area (Å²) < 4.78 is 0. The zero-order valence-electron chi connectivity index (χ0n) is 9.88. The van der Waals surface area contributed by atoms with E-state index in [0.717, 1.165) is 0 Å². The molecule has 0 saturated heterocycles. The van der Waals surface area contributed by atoms with E-state index >= 15 is 0 Å². The van der Waals surface area contributed by atoms with Gasteiger partial charge in [-0.25, -0.2) is 0 Å². The second kappa shape index (κ2) is 4.75. The lowest BCUT2D eigenvalue weighted by atomic mass is 10.2. The zero-order chi connectivity index (χ0) is 13.1. The van der Waals surface area contributed by atoms with Crippen molar-refractivity contribution in [1.29, 1.82) is 0 Å². The maximum Gasteiger partial charge on any atom is 0.258 e. The van der Waals surface area contributed by atoms with E-state index in [1.54, 1.807) is 37.4 Å². The average Bonchev–Trinajstić information content (AvgIpc) is 2.37. The van der Waals surface area contributed by atoms with Crippen LogP contribution in [0.1, 0.15) is 10.4 Å². The fourth-order valence-electron chi connectivity index (χ4n) is 1.62. The Hall–Kier alpha value is -2.56. The molecule has 1 aromatic carbocycles. The Kier molecular flexibility index (Phi) is 3.14. The molecule has 0 fully saturated rings. The summed E-state index contributed by atoms with van der Waals surface area (Å²) in [5.41, 5.74) is 6.96. The Morgan fingerprint density at radius 2 is 2.06 bits per heavy atom. The van der Waals surface area contributed by atoms with E-state index in [0.29, 0.717) is 16.9 Å². The van der Waals surface area contributed by atoms with Gasteiger partial charge in [-0.3, -0.25) is 9.59 Å². The molecule has 92 valence electrons. The molecule has 0 bridgehead atoms. The van der Waals surface area contributed by atoms with Gasteiger partial charge in [-0.2, -0.15) is 0 Å². The van der Waals surface area contributed by atoms with Crippen LogP contribution in [-0.4, -0.2) is 17.9 Å². The maximum absolute atomic E-state index is 12.1. The standard InChI is InChI=1S/C13H13N3O2/c1-16(11-4-2-3-10(14)8-11)13(18)9-5-6-15-12(17)7-9/h2-8H,14H2,1H3,(H,15,17). The van der Waals surface area contributed by atoms with E-state index in [1.165, 1.54) is 17.2 Å². The largest absolute Gasteiger partial charge is 0.399 e. The van der Waals surface area contributed by atoms with Gasteiger partial charge >= 0.3 is 0 Å². The predicted octanol–water partition coefficient (Wildman–Crippen LogP) is 1.23. The molecule has 0 spiro atoms. The van der Waals surface area contributed by atoms with Gasteiger partial charge in [0.2, 0.25) is 5.56 Å². The molecule has 1 aromatic heterocycles. The highest BCUT2D eigenvalue weighted by atomic mass is 16.2. The molecule has 2 rings (SSSR count). The quantitative estimate of drug-likeness (QED) is 0.779. The number of nitrogen functional groups attached to an aromatic ring is 1. The van der Waals surface area contributed by atoms with Gasteiger partial charge in [-0.05, 0) is 24.3 Å². The van der Waals surface area contributed by atoms with Crippen molar-refractivity contribution in [2.45, 2.75) is 0 Å². The van der Waals surface area contributed by atoms with E-state index in [9.17, 15) is 9.59 Å². The van der Waals surface area contributed by atoms with Crippen molar-refractivity contribution in [3.8, 4) is 0 Å². The van der Waals surface area contributed by atoms with Gasteiger partial charge < -0.3 is 15.6 Å². The zero-order valence-corrected chi connectivity index (χ0v) is 9.88. The summed E-state index contributed by atoms with van der Waals surface area (Å²) in [4.78, 5) is 27.2. The summed E-state index contributed by atoms with van der Waals surface area (Å²) in [6, 6.07) is 9.82. The van der Waals surface area contributed by atoms with Crippen LogP contribution in [0.3, 0.4) is 0 Å². The van der Waals surface area contributed by atoms with Crippen LogP contribution in [-0.2, 0) is 0 Å². The van der Waals surface area contributed by atoms with Gasteiger partial charge in [-0.1, -0.05) is 6.07 Å². The molecule has 1 heterocycles. The van der Waals surface area contributed by atoms with Crippen LogP contribution in [0.15, 0.2) is 47.4 Å². The third-order valence-corrected chi connectivity index (χ3v) is 2.58. The number of aromatic amines is 1. The summed E-state index contributed by atoms with van der Waals surface area (Å²) >= 11 is 0. The van der Waals surface area contributed by atoms with Gasteiger partial charge in [0.1, 0.15) is 0 Å². The van der Waals surface area contributed by atoms with Crippen LogP contribution in [0.2, 0.25) is 0 Å². The minimum absolute atomic E-state index is 0.258. The molecular weight excluding hydrogens is 230 g/mol. The number of benzene rings is 1. The molecule has 0 aliphatic rings. The smallest absolute Gasteiger partial charge is 0.258 e. The van der Waals surface area contributed by atoms with E-state index in [4.69, 9.17) is 5.73 Å². The minimum Gasteiger partial charge on any atom is -0.399 e. The number of hydrogen-bond acceptors (Lipinski definition) is 3. The Morgan fingerprint density at radius 3 is 2.72 bits per heavy atom. The molecule has 0 aliphatic heterocycles. The lowest BCUT2D eigenvalue weighted by molar-refractivity contribution is 0.0993. The lowest BCUT2D eigenvalue weighted by Crippen LogP contribution is -2.27. The second-order valence-electron chi connectivity index (χ2n) is 3.90. The summed E-state index contributed by atoms with van der Waals surface area (Å²) in [5, 5.41) is 0. The molecule has 0 aliphatic carbocycles. The van der Waals surface area contributed by atoms with Crippen molar-refractivity contribution in [3.05, 3.63) is 58.5 Å². The lowest BCUT2D eigenvalue weighted by Gasteiger charge is -2.17. The molecule has 2 aromatic rings. The predicted molar refractivity (Wildman–Crippen MR) is 70.7 cm³/mol. The molecule has 0 atom stereocenters. The van der Waals surface area contributed by atoms with Gasteiger partial charge in [-0.15, -0.1) is 0 Å². The molecule has 18 heavy (non-hydrogen) atoms. The SMILES string of the molecule is CN(C(=O)c1cc[nH]c(=O)c1)c1cccc(N)c1. The molecule has 0 unspecified atom stereocenters. The summed E-state index contributed by atoms with van der Waals surface area (Å²) in [6.45, 7) is 0. The van der Waals surface area contributed by atoms with Crippen molar-refractivity contribution in [2.24, 2.45) is 0 Å². The fraction of sp³-hybridized carbons (Fsp3) is 0.0769. The molecule has 0 radical (unpaired) electrons. The van der Waals surface area contributed by atoms with Crippen molar-refractivity contribution in [3.63, 3.8) is 0 Å². The first-order valence-electron chi connectivity index (χ1n) is 5.40. The van der Waals surface area contributed by atoms with Crippen LogP contribution < -0.4 is 16.2 Å². The number of pyridine rings is 1. The normalized spacial score (nSPS) is 10.1. The van der Waals surface area contributed by atoms with Crippen LogP contribution in [0.25, 0.3) is 0 Å². The van der Waals surface area contributed by atoms with Crippen molar-refractivity contribution >= 4 is 17.3 Å². The van der Waals surface area contributed by atoms with E-state index in [2.05, 4.69) is 4.98 Å². The Morgan fingerprint density at radius 1 is 1.28 bits per heavy atom. The molecule has 5 heteroatoms. The van der Waals surface area contributed by atoms with Gasteiger partial charge in [0.25, 0.3) is 5.91 Å². The first-order valence-corrected chi connectivity index (χ1v) is 5.40. The monoisotopic (exact) mass is 243 g/mol. The number of hydrogen-bond donors (Lipinski definition) is 2. The molecule has 1 amide bonds. The number of nitrogens with one attached hydrogen (secondary N) is 1. The second-order valence-corrected chi connectivity index (χ2v) is 3.90. The maximum atomic E-state index is 12.1. The fourth-order valence-corrected chi connectivity index (χ4v) is 1.62. The van der Waals surface area contributed by atoms with E-state index < -0.39 is 0 Å². The van der Waals surface area contributed by atoms with Crippen LogP contribution in [0, 0.1) is 0 Å². The summed E-state index contributed by atoms with van der Waals surface area (Å²) in [6.07, 6.45) is 1.45. The van der Waals surface area contributed by atoms with Crippen molar-refractivity contribution in [1.82, 2.24) is 4.98 Å². The number of rotatable bonds is 2. The first-order chi connectivity index (χ1) is 8.58. The number of carbonyl (C=O) groups is 1. The van der Waals surface area contributed by atoms with Crippen molar-refractivity contribution < 1.29 is 4.79 Å². The third-order valence-electron chi connectivity index (χ3n) is 2.58. The van der Waals surface area contributed by atoms with Crippen LogP contribution in [0.4, 0.5) is 11.4 Å². The number of nitrogens with zero attached hydrogens (tertiary/aromatic N) is 1. The third kappa shape index (κ3) is 2.40. The number of amides is 1. The van der Waals surface area contributed by atoms with Gasteiger partial charge in [0.05, 0.1) is 0 Å². The Balaban J connectivity index is 2.32. The highest BCUT2D eigenvalue weighted by Crippen LogP contribution is 2.17. The average molecular weight is 243 g/mol. The first kappa shape index (κ1) is 11.9. The van der Waals surface area contributed by atoms with Gasteiger partial charge in [0.15, 0.2) is 0 Å². The number of anilines is 2. The number of carbonyl (C=O) groups excluding carboxylic acids is 1. The number of nitrogens with two attached hydrogens (primary N) is 1. The van der Waals surface area contributed by atoms with Gasteiger partial charge in [0, 0.05) is 36.2 Å².